The summed E-state index contributed by atoms with van der Waals surface area (Å²) in [6, 6.07) is 0. The van der Waals surface area contributed by atoms with Crippen LogP contribution >= 0.6 is 0 Å². The molecule has 84 valence electrons. The van der Waals surface area contributed by atoms with Gasteiger partial charge in [0.1, 0.15) is 0 Å². The summed E-state index contributed by atoms with van der Waals surface area (Å²) < 4.78 is 0. The van der Waals surface area contributed by atoms with Crippen LogP contribution in [0.5, 0.6) is 0 Å². The van der Waals surface area contributed by atoms with Crippen molar-refractivity contribution in [2.45, 2.75) is 60.3 Å². The van der Waals surface area contributed by atoms with Crippen LogP contribution in [0.1, 0.15) is 60.3 Å². The number of hydrogen-bond acceptors (Lipinski definition) is 0. The van der Waals surface area contributed by atoms with Gasteiger partial charge in [-0.15, -0.1) is 0 Å². The molecule has 1 fully saturated rings. The van der Waals surface area contributed by atoms with E-state index in [1.165, 1.54) is 25.7 Å². The van der Waals surface area contributed by atoms with Gasteiger partial charge in [0.15, 0.2) is 0 Å². The topological polar surface area (TPSA) is 0 Å². The van der Waals surface area contributed by atoms with Gasteiger partial charge in [-0.2, -0.15) is 0 Å². The van der Waals surface area contributed by atoms with E-state index in [1.54, 1.807) is 0 Å². The van der Waals surface area contributed by atoms with Crippen LogP contribution in [0.25, 0.3) is 0 Å². The zero-order chi connectivity index (χ0) is 10.7. The Labute approximate surface area is 90.5 Å². The second-order valence-corrected chi connectivity index (χ2v) is 5.41. The molecule has 0 heterocycles. The standard InChI is InChI=1S/C14H28/c1-6-12-10(4)9-11(5)13(7-2)14(12)8-3/h10-14H,6-9H2,1-5H3. The number of hydrogen-bond donors (Lipinski definition) is 0. The molecule has 1 aliphatic rings. The molecule has 1 aliphatic carbocycles. The molecule has 0 aromatic rings. The number of rotatable bonds is 3. The van der Waals surface area contributed by atoms with Crippen LogP contribution < -0.4 is 0 Å². The van der Waals surface area contributed by atoms with Gasteiger partial charge in [0.05, 0.1) is 0 Å². The normalized spacial score (nSPS) is 43.9. The van der Waals surface area contributed by atoms with E-state index < -0.39 is 0 Å². The first-order chi connectivity index (χ1) is 6.65. The van der Waals surface area contributed by atoms with Crippen molar-refractivity contribution in [2.75, 3.05) is 0 Å². The van der Waals surface area contributed by atoms with E-state index in [9.17, 15) is 0 Å². The summed E-state index contributed by atoms with van der Waals surface area (Å²) in [7, 11) is 0. The summed E-state index contributed by atoms with van der Waals surface area (Å²) in [4.78, 5) is 0. The van der Waals surface area contributed by atoms with Crippen molar-refractivity contribution in [1.29, 1.82) is 0 Å². The molecule has 0 bridgehead atoms. The van der Waals surface area contributed by atoms with Crippen molar-refractivity contribution in [3.63, 3.8) is 0 Å². The molecular weight excluding hydrogens is 168 g/mol. The predicted octanol–water partition coefficient (Wildman–Crippen LogP) is 4.74. The minimum atomic E-state index is 0.961. The molecule has 0 amide bonds. The van der Waals surface area contributed by atoms with Crippen LogP contribution in [0.3, 0.4) is 0 Å². The van der Waals surface area contributed by atoms with E-state index in [0.717, 1.165) is 29.6 Å². The molecular formula is C14H28. The largest absolute Gasteiger partial charge is 0.0651 e. The van der Waals surface area contributed by atoms with Crippen molar-refractivity contribution >= 4 is 0 Å². The smallest absolute Gasteiger partial charge is 0.0355 e. The summed E-state index contributed by atoms with van der Waals surface area (Å²) in [6.07, 6.45) is 5.64. The Balaban J connectivity index is 2.76. The Morgan fingerprint density at radius 2 is 1.07 bits per heavy atom. The third kappa shape index (κ3) is 2.15. The van der Waals surface area contributed by atoms with E-state index in [4.69, 9.17) is 0 Å². The van der Waals surface area contributed by atoms with Crippen LogP contribution in [-0.2, 0) is 0 Å². The Morgan fingerprint density at radius 1 is 0.714 bits per heavy atom. The van der Waals surface area contributed by atoms with Crippen molar-refractivity contribution in [2.24, 2.45) is 29.6 Å². The lowest BCUT2D eigenvalue weighted by molar-refractivity contribution is 0.0437. The third-order valence-electron chi connectivity index (χ3n) is 4.72. The molecule has 0 aliphatic heterocycles. The van der Waals surface area contributed by atoms with Crippen molar-refractivity contribution in [1.82, 2.24) is 0 Å². The first-order valence-corrected chi connectivity index (χ1v) is 6.65. The summed E-state index contributed by atoms with van der Waals surface area (Å²) in [5.74, 6) is 4.93. The molecule has 1 rings (SSSR count). The Bertz CT molecular complexity index is 145. The van der Waals surface area contributed by atoms with Gasteiger partial charge in [0.2, 0.25) is 0 Å². The van der Waals surface area contributed by atoms with Gasteiger partial charge in [0, 0.05) is 0 Å². The van der Waals surface area contributed by atoms with Gasteiger partial charge in [0.25, 0.3) is 0 Å². The van der Waals surface area contributed by atoms with E-state index in [-0.39, 0.29) is 0 Å². The minimum absolute atomic E-state index is 0.961. The molecule has 0 spiro atoms. The molecule has 0 nitrogen and oxygen atoms in total. The van der Waals surface area contributed by atoms with E-state index in [0.29, 0.717) is 0 Å². The van der Waals surface area contributed by atoms with Gasteiger partial charge in [-0.25, -0.2) is 0 Å². The van der Waals surface area contributed by atoms with Gasteiger partial charge in [-0.05, 0) is 36.0 Å². The van der Waals surface area contributed by atoms with Gasteiger partial charge in [-0.1, -0.05) is 53.9 Å². The highest BCUT2D eigenvalue weighted by molar-refractivity contribution is 4.87. The first kappa shape index (κ1) is 12.1. The van der Waals surface area contributed by atoms with Gasteiger partial charge >= 0.3 is 0 Å². The molecule has 0 saturated heterocycles. The van der Waals surface area contributed by atoms with E-state index >= 15 is 0 Å². The fourth-order valence-electron chi connectivity index (χ4n) is 4.11. The molecule has 0 heteroatoms. The van der Waals surface area contributed by atoms with Gasteiger partial charge in [-0.3, -0.25) is 0 Å². The Morgan fingerprint density at radius 3 is 1.36 bits per heavy atom. The van der Waals surface area contributed by atoms with Crippen LogP contribution in [0.4, 0.5) is 0 Å². The summed E-state index contributed by atoms with van der Waals surface area (Å²) >= 11 is 0. The minimum Gasteiger partial charge on any atom is -0.0651 e. The second kappa shape index (κ2) is 5.19. The maximum absolute atomic E-state index is 2.47. The fourth-order valence-corrected chi connectivity index (χ4v) is 4.11. The Hall–Kier alpha value is 0. The lowest BCUT2D eigenvalue weighted by atomic mass is 9.60. The predicted molar refractivity (Wildman–Crippen MR) is 64.3 cm³/mol. The zero-order valence-corrected chi connectivity index (χ0v) is 10.7. The van der Waals surface area contributed by atoms with Crippen LogP contribution in [0, 0.1) is 29.6 Å². The summed E-state index contributed by atoms with van der Waals surface area (Å²) in [6.45, 7) is 12.1. The molecule has 4 unspecified atom stereocenters. The lowest BCUT2D eigenvalue weighted by Gasteiger charge is -2.45. The SMILES string of the molecule is CCC1C(C)CC(C)C(CC)C1CC. The fraction of sp³-hybridized carbons (Fsp3) is 1.00. The quantitative estimate of drug-likeness (QED) is 0.611. The molecule has 0 N–H and O–H groups in total. The van der Waals surface area contributed by atoms with Gasteiger partial charge < -0.3 is 0 Å². The summed E-state index contributed by atoms with van der Waals surface area (Å²) in [5.41, 5.74) is 0. The third-order valence-corrected chi connectivity index (χ3v) is 4.72. The molecule has 0 aromatic carbocycles. The van der Waals surface area contributed by atoms with Crippen molar-refractivity contribution in [3.8, 4) is 0 Å². The van der Waals surface area contributed by atoms with Crippen molar-refractivity contribution < 1.29 is 0 Å². The van der Waals surface area contributed by atoms with Crippen molar-refractivity contribution in [3.05, 3.63) is 0 Å². The highest BCUT2D eigenvalue weighted by atomic mass is 14.4. The maximum atomic E-state index is 2.47. The molecule has 4 atom stereocenters. The van der Waals surface area contributed by atoms with Crippen LogP contribution in [0.2, 0.25) is 0 Å². The monoisotopic (exact) mass is 196 g/mol. The summed E-state index contributed by atoms with van der Waals surface area (Å²) in [5, 5.41) is 0. The first-order valence-electron chi connectivity index (χ1n) is 6.65. The van der Waals surface area contributed by atoms with Crippen LogP contribution in [-0.4, -0.2) is 0 Å². The molecule has 0 aromatic heterocycles. The average molecular weight is 196 g/mol. The highest BCUT2D eigenvalue weighted by Gasteiger charge is 2.38. The van der Waals surface area contributed by atoms with E-state index in [1.807, 2.05) is 0 Å². The van der Waals surface area contributed by atoms with Crippen LogP contribution in [0.15, 0.2) is 0 Å². The highest BCUT2D eigenvalue weighted by Crippen LogP contribution is 2.46. The maximum Gasteiger partial charge on any atom is -0.0355 e. The molecule has 14 heavy (non-hydrogen) atoms. The second-order valence-electron chi connectivity index (χ2n) is 5.41. The zero-order valence-electron chi connectivity index (χ0n) is 10.7. The molecule has 0 radical (unpaired) electrons. The lowest BCUT2D eigenvalue weighted by Crippen LogP contribution is -2.37. The van der Waals surface area contributed by atoms with E-state index in [2.05, 4.69) is 34.6 Å². The molecule has 1 saturated carbocycles. The Kier molecular flexibility index (Phi) is 4.47. The average Bonchev–Trinajstić information content (AvgIpc) is 2.16.